The van der Waals surface area contributed by atoms with Crippen molar-refractivity contribution in [2.45, 2.75) is 6.54 Å². The average molecular weight is 439 g/mol. The molecule has 0 saturated carbocycles. The molecule has 0 aliphatic heterocycles. The molecular formula is C25H18N4O2S. The Balaban J connectivity index is 1.48. The molecule has 1 amide bonds. The standard InChI is InChI=1S/C25H18N4O2S/c30-21(16-29-20-14-8-7-13-19(20)26-15-22(29)31)27-25-28-23(17-9-3-1-4-10-17)24(32-25)18-11-5-2-6-12-18/h1-15H,16H2,(H,27,28,30). The largest absolute Gasteiger partial charge is 0.300 e. The van der Waals surface area contributed by atoms with Crippen molar-refractivity contribution in [3.05, 3.63) is 101 Å². The van der Waals surface area contributed by atoms with Gasteiger partial charge in [0, 0.05) is 5.56 Å². The third-order valence-corrected chi connectivity index (χ3v) is 6.03. The molecule has 2 heterocycles. The van der Waals surface area contributed by atoms with E-state index in [1.807, 2.05) is 78.9 Å². The van der Waals surface area contributed by atoms with Gasteiger partial charge < -0.3 is 5.32 Å². The van der Waals surface area contributed by atoms with Crippen molar-refractivity contribution in [3.8, 4) is 21.7 Å². The molecule has 0 spiro atoms. The van der Waals surface area contributed by atoms with Crippen molar-refractivity contribution in [1.82, 2.24) is 14.5 Å². The second kappa shape index (κ2) is 8.56. The van der Waals surface area contributed by atoms with Gasteiger partial charge in [-0.3, -0.25) is 14.2 Å². The molecule has 156 valence electrons. The zero-order chi connectivity index (χ0) is 21.9. The topological polar surface area (TPSA) is 76.9 Å². The number of hydrogen-bond acceptors (Lipinski definition) is 5. The van der Waals surface area contributed by atoms with Crippen molar-refractivity contribution in [2.24, 2.45) is 0 Å². The van der Waals surface area contributed by atoms with Gasteiger partial charge in [0.15, 0.2) is 5.13 Å². The summed E-state index contributed by atoms with van der Waals surface area (Å²) < 4.78 is 1.42. The zero-order valence-corrected chi connectivity index (χ0v) is 17.8. The van der Waals surface area contributed by atoms with Crippen molar-refractivity contribution in [3.63, 3.8) is 0 Å². The molecule has 0 bridgehead atoms. The number of benzene rings is 3. The third kappa shape index (κ3) is 3.93. The number of carbonyl (C=O) groups excluding carboxylic acids is 1. The molecule has 2 aromatic heterocycles. The highest BCUT2D eigenvalue weighted by Crippen LogP contribution is 2.38. The van der Waals surface area contributed by atoms with E-state index in [2.05, 4.69) is 10.3 Å². The highest BCUT2D eigenvalue weighted by molar-refractivity contribution is 7.19. The maximum atomic E-state index is 12.8. The fourth-order valence-corrected chi connectivity index (χ4v) is 4.54. The lowest BCUT2D eigenvalue weighted by atomic mass is 10.1. The van der Waals surface area contributed by atoms with Crippen LogP contribution < -0.4 is 10.9 Å². The van der Waals surface area contributed by atoms with Crippen LogP contribution in [0.1, 0.15) is 0 Å². The maximum absolute atomic E-state index is 12.8. The minimum absolute atomic E-state index is 0.122. The van der Waals surface area contributed by atoms with Crippen molar-refractivity contribution >= 4 is 33.4 Å². The molecule has 7 heteroatoms. The number of nitrogens with zero attached hydrogens (tertiary/aromatic N) is 3. The van der Waals surface area contributed by atoms with Gasteiger partial charge in [-0.15, -0.1) is 0 Å². The number of amides is 1. The lowest BCUT2D eigenvalue weighted by Gasteiger charge is -2.08. The normalized spacial score (nSPS) is 10.9. The first kappa shape index (κ1) is 19.8. The fourth-order valence-electron chi connectivity index (χ4n) is 3.53. The van der Waals surface area contributed by atoms with E-state index in [0.29, 0.717) is 16.2 Å². The number of hydrogen-bond donors (Lipinski definition) is 1. The number of thiazole rings is 1. The summed E-state index contributed by atoms with van der Waals surface area (Å²) in [6.07, 6.45) is 1.24. The van der Waals surface area contributed by atoms with Crippen LogP contribution in [0.5, 0.6) is 0 Å². The van der Waals surface area contributed by atoms with Crippen molar-refractivity contribution in [2.75, 3.05) is 5.32 Å². The van der Waals surface area contributed by atoms with Crippen LogP contribution in [0.2, 0.25) is 0 Å². The first-order valence-electron chi connectivity index (χ1n) is 10.0. The van der Waals surface area contributed by atoms with E-state index in [-0.39, 0.29) is 18.0 Å². The van der Waals surface area contributed by atoms with Crippen LogP contribution >= 0.6 is 11.3 Å². The number of carbonyl (C=O) groups is 1. The van der Waals surface area contributed by atoms with Crippen LogP contribution in [0.4, 0.5) is 5.13 Å². The number of fused-ring (bicyclic) bond motifs is 1. The first-order valence-corrected chi connectivity index (χ1v) is 10.9. The van der Waals surface area contributed by atoms with Crippen molar-refractivity contribution < 1.29 is 4.79 Å². The number of nitrogens with one attached hydrogen (secondary N) is 1. The molecule has 32 heavy (non-hydrogen) atoms. The van der Waals surface area contributed by atoms with E-state index in [0.717, 1.165) is 21.7 Å². The molecule has 0 radical (unpaired) electrons. The van der Waals surface area contributed by atoms with Crippen molar-refractivity contribution in [1.29, 1.82) is 0 Å². The van der Waals surface area contributed by atoms with E-state index >= 15 is 0 Å². The van der Waals surface area contributed by atoms with Gasteiger partial charge in [-0.2, -0.15) is 0 Å². The molecule has 0 saturated heterocycles. The van der Waals surface area contributed by atoms with E-state index in [1.54, 1.807) is 6.07 Å². The van der Waals surface area contributed by atoms with Gasteiger partial charge in [-0.1, -0.05) is 84.1 Å². The van der Waals surface area contributed by atoms with Gasteiger partial charge in [0.2, 0.25) is 5.91 Å². The minimum Gasteiger partial charge on any atom is -0.300 e. The zero-order valence-electron chi connectivity index (χ0n) is 16.9. The quantitative estimate of drug-likeness (QED) is 0.427. The summed E-state index contributed by atoms with van der Waals surface area (Å²) in [6.45, 7) is -0.122. The highest BCUT2D eigenvalue weighted by atomic mass is 32.1. The molecule has 0 aliphatic carbocycles. The molecule has 5 aromatic rings. The summed E-state index contributed by atoms with van der Waals surface area (Å²) in [5.41, 5.74) is 3.76. The highest BCUT2D eigenvalue weighted by Gasteiger charge is 2.17. The van der Waals surface area contributed by atoms with Crippen LogP contribution in [0.15, 0.2) is 95.9 Å². The third-order valence-electron chi connectivity index (χ3n) is 5.01. The Kier molecular flexibility index (Phi) is 5.31. The summed E-state index contributed by atoms with van der Waals surface area (Å²) in [6, 6.07) is 27.1. The van der Waals surface area contributed by atoms with Crippen LogP contribution in [0, 0.1) is 0 Å². The Bertz CT molecular complexity index is 1400. The second-order valence-electron chi connectivity index (χ2n) is 7.15. The summed E-state index contributed by atoms with van der Waals surface area (Å²) in [5.74, 6) is -0.323. The molecule has 5 rings (SSSR count). The molecular weight excluding hydrogens is 420 g/mol. The number of rotatable bonds is 5. The van der Waals surface area contributed by atoms with E-state index in [9.17, 15) is 9.59 Å². The summed E-state index contributed by atoms with van der Waals surface area (Å²) in [7, 11) is 0. The molecule has 0 atom stereocenters. The van der Waals surface area contributed by atoms with Crippen LogP contribution in [0.3, 0.4) is 0 Å². The number of anilines is 1. The van der Waals surface area contributed by atoms with E-state index in [4.69, 9.17) is 4.98 Å². The Morgan fingerprint density at radius 2 is 1.53 bits per heavy atom. The average Bonchev–Trinajstić information content (AvgIpc) is 3.26. The van der Waals surface area contributed by atoms with Gasteiger partial charge in [-0.25, -0.2) is 9.97 Å². The van der Waals surface area contributed by atoms with Gasteiger partial charge in [-0.05, 0) is 17.7 Å². The predicted molar refractivity (Wildman–Crippen MR) is 128 cm³/mol. The van der Waals surface area contributed by atoms with E-state index in [1.165, 1.54) is 22.1 Å². The Morgan fingerprint density at radius 3 is 2.28 bits per heavy atom. The molecule has 1 N–H and O–H groups in total. The fraction of sp³-hybridized carbons (Fsp3) is 0.0400. The van der Waals surface area contributed by atoms with E-state index < -0.39 is 0 Å². The van der Waals surface area contributed by atoms with Gasteiger partial charge in [0.1, 0.15) is 6.54 Å². The summed E-state index contributed by atoms with van der Waals surface area (Å²) in [4.78, 5) is 35.0. The number of para-hydroxylation sites is 2. The first-order chi connectivity index (χ1) is 15.7. The van der Waals surface area contributed by atoms with Gasteiger partial charge in [0.05, 0.1) is 27.8 Å². The molecule has 6 nitrogen and oxygen atoms in total. The molecule has 0 unspecified atom stereocenters. The maximum Gasteiger partial charge on any atom is 0.269 e. The predicted octanol–water partition coefficient (Wildman–Crippen LogP) is 4.83. The second-order valence-corrected chi connectivity index (χ2v) is 8.15. The molecule has 0 fully saturated rings. The van der Waals surface area contributed by atoms with Crippen LogP contribution in [-0.4, -0.2) is 20.4 Å². The number of aromatic nitrogens is 3. The molecule has 0 aliphatic rings. The summed E-state index contributed by atoms with van der Waals surface area (Å²) >= 11 is 1.41. The summed E-state index contributed by atoms with van der Waals surface area (Å²) in [5, 5.41) is 3.36. The SMILES string of the molecule is O=C(Cn1c(=O)cnc2ccccc21)Nc1nc(-c2ccccc2)c(-c2ccccc2)s1. The Labute approximate surface area is 187 Å². The monoisotopic (exact) mass is 438 g/mol. The Hall–Kier alpha value is -4.10. The van der Waals surface area contributed by atoms with Gasteiger partial charge >= 0.3 is 0 Å². The van der Waals surface area contributed by atoms with Crippen LogP contribution in [-0.2, 0) is 11.3 Å². The minimum atomic E-state index is -0.326. The molecule has 3 aromatic carbocycles. The Morgan fingerprint density at radius 1 is 0.875 bits per heavy atom. The van der Waals surface area contributed by atoms with Crippen LogP contribution in [0.25, 0.3) is 32.7 Å². The lowest BCUT2D eigenvalue weighted by Crippen LogP contribution is -2.27. The smallest absolute Gasteiger partial charge is 0.269 e. The lowest BCUT2D eigenvalue weighted by molar-refractivity contribution is -0.116. The van der Waals surface area contributed by atoms with Gasteiger partial charge in [0.25, 0.3) is 5.56 Å².